The second kappa shape index (κ2) is 6.59. The lowest BCUT2D eigenvalue weighted by molar-refractivity contribution is 0.297. The third-order valence-corrected chi connectivity index (χ3v) is 3.37. The fraction of sp³-hybridized carbons (Fsp3) is 0.294. The van der Waals surface area contributed by atoms with Crippen molar-refractivity contribution in [3.8, 4) is 11.5 Å². The molecule has 112 valence electrons. The van der Waals surface area contributed by atoms with Crippen LogP contribution in [-0.2, 0) is 6.61 Å². The Morgan fingerprint density at radius 3 is 2.52 bits per heavy atom. The summed E-state index contributed by atoms with van der Waals surface area (Å²) in [6.07, 6.45) is 0. The van der Waals surface area contributed by atoms with E-state index in [0.717, 1.165) is 16.9 Å². The van der Waals surface area contributed by atoms with Crippen LogP contribution in [0.5, 0.6) is 11.5 Å². The van der Waals surface area contributed by atoms with Gasteiger partial charge in [-0.3, -0.25) is 0 Å². The molecular formula is C17H20FNO2. The Morgan fingerprint density at radius 2 is 1.95 bits per heavy atom. The number of methoxy groups -OCH3 is 1. The second-order valence-electron chi connectivity index (χ2n) is 5.06. The van der Waals surface area contributed by atoms with Gasteiger partial charge in [0.05, 0.1) is 7.11 Å². The third-order valence-electron chi connectivity index (χ3n) is 3.37. The summed E-state index contributed by atoms with van der Waals surface area (Å²) in [5, 5.41) is 0. The Morgan fingerprint density at radius 1 is 1.19 bits per heavy atom. The molecule has 1 unspecified atom stereocenters. The molecule has 0 bridgehead atoms. The molecule has 2 N–H and O–H groups in total. The number of nitrogens with two attached hydrogens (primary N) is 1. The zero-order valence-electron chi connectivity index (χ0n) is 12.5. The summed E-state index contributed by atoms with van der Waals surface area (Å²) < 4.78 is 24.5. The monoisotopic (exact) mass is 289 g/mol. The van der Waals surface area contributed by atoms with Gasteiger partial charge in [-0.2, -0.15) is 0 Å². The summed E-state index contributed by atoms with van der Waals surface area (Å²) in [5.74, 6) is 0.891. The molecule has 0 saturated heterocycles. The smallest absolute Gasteiger partial charge is 0.133 e. The first-order valence-corrected chi connectivity index (χ1v) is 6.82. The molecule has 0 amide bonds. The number of ether oxygens (including phenoxy) is 2. The molecule has 2 aromatic rings. The van der Waals surface area contributed by atoms with E-state index in [0.29, 0.717) is 11.3 Å². The van der Waals surface area contributed by atoms with Crippen molar-refractivity contribution < 1.29 is 13.9 Å². The van der Waals surface area contributed by atoms with Crippen LogP contribution in [0.2, 0.25) is 0 Å². The average molecular weight is 289 g/mol. The van der Waals surface area contributed by atoms with Crippen molar-refractivity contribution in [2.24, 2.45) is 5.73 Å². The van der Waals surface area contributed by atoms with Gasteiger partial charge < -0.3 is 15.2 Å². The Balaban J connectivity index is 2.09. The van der Waals surface area contributed by atoms with Gasteiger partial charge in [0.25, 0.3) is 0 Å². The maximum absolute atomic E-state index is 13.8. The molecule has 0 aliphatic heterocycles. The molecule has 0 aliphatic rings. The highest BCUT2D eigenvalue weighted by Crippen LogP contribution is 2.24. The molecule has 0 radical (unpaired) electrons. The maximum Gasteiger partial charge on any atom is 0.133 e. The van der Waals surface area contributed by atoms with Crippen LogP contribution in [0, 0.1) is 12.7 Å². The number of hydrogen-bond acceptors (Lipinski definition) is 3. The largest absolute Gasteiger partial charge is 0.497 e. The van der Waals surface area contributed by atoms with E-state index in [1.165, 1.54) is 13.2 Å². The normalized spacial score (nSPS) is 12.0. The summed E-state index contributed by atoms with van der Waals surface area (Å²) in [4.78, 5) is 0. The minimum atomic E-state index is -0.334. The number of halogens is 1. The first kappa shape index (κ1) is 15.3. The lowest BCUT2D eigenvalue weighted by Gasteiger charge is -2.13. The highest BCUT2D eigenvalue weighted by molar-refractivity contribution is 5.37. The van der Waals surface area contributed by atoms with Crippen LogP contribution in [0.3, 0.4) is 0 Å². The van der Waals surface area contributed by atoms with Crippen molar-refractivity contribution in [1.29, 1.82) is 0 Å². The molecule has 0 fully saturated rings. The van der Waals surface area contributed by atoms with Crippen molar-refractivity contribution in [3.63, 3.8) is 0 Å². The maximum atomic E-state index is 13.8. The Kier molecular flexibility index (Phi) is 4.81. The zero-order valence-corrected chi connectivity index (χ0v) is 12.5. The van der Waals surface area contributed by atoms with Crippen LogP contribution < -0.4 is 15.2 Å². The SMILES string of the molecule is COc1ccc(COc2ccc(C(C)N)cc2C)c(F)c1. The first-order chi connectivity index (χ1) is 10.0. The topological polar surface area (TPSA) is 44.5 Å². The van der Waals surface area contributed by atoms with Gasteiger partial charge in [0.1, 0.15) is 23.9 Å². The van der Waals surface area contributed by atoms with Crippen LogP contribution in [0.15, 0.2) is 36.4 Å². The number of hydrogen-bond donors (Lipinski definition) is 1. The predicted molar refractivity (Wildman–Crippen MR) is 81.1 cm³/mol. The molecule has 1 atom stereocenters. The van der Waals surface area contributed by atoms with Crippen molar-refractivity contribution >= 4 is 0 Å². The highest BCUT2D eigenvalue weighted by Gasteiger charge is 2.08. The van der Waals surface area contributed by atoms with E-state index in [1.807, 2.05) is 32.0 Å². The predicted octanol–water partition coefficient (Wildman–Crippen LogP) is 3.74. The fourth-order valence-corrected chi connectivity index (χ4v) is 2.05. The van der Waals surface area contributed by atoms with Crippen molar-refractivity contribution in [1.82, 2.24) is 0 Å². The molecule has 21 heavy (non-hydrogen) atoms. The van der Waals surface area contributed by atoms with Crippen molar-refractivity contribution in [2.45, 2.75) is 26.5 Å². The molecule has 2 aromatic carbocycles. The van der Waals surface area contributed by atoms with E-state index in [1.54, 1.807) is 12.1 Å². The summed E-state index contributed by atoms with van der Waals surface area (Å²) in [6.45, 7) is 4.06. The number of rotatable bonds is 5. The van der Waals surface area contributed by atoms with E-state index in [9.17, 15) is 4.39 Å². The van der Waals surface area contributed by atoms with Crippen LogP contribution in [0.25, 0.3) is 0 Å². The lowest BCUT2D eigenvalue weighted by atomic mass is 10.1. The fourth-order valence-electron chi connectivity index (χ4n) is 2.05. The lowest BCUT2D eigenvalue weighted by Crippen LogP contribution is -2.06. The average Bonchev–Trinajstić information content (AvgIpc) is 2.46. The van der Waals surface area contributed by atoms with E-state index in [2.05, 4.69) is 0 Å². The summed E-state index contributed by atoms with van der Waals surface area (Å²) >= 11 is 0. The van der Waals surface area contributed by atoms with Gasteiger partial charge in [-0.1, -0.05) is 12.1 Å². The van der Waals surface area contributed by atoms with Gasteiger partial charge in [-0.15, -0.1) is 0 Å². The summed E-state index contributed by atoms with van der Waals surface area (Å²) in [5.41, 5.74) is 8.37. The van der Waals surface area contributed by atoms with Crippen molar-refractivity contribution in [2.75, 3.05) is 7.11 Å². The summed E-state index contributed by atoms with van der Waals surface area (Å²) in [7, 11) is 1.51. The van der Waals surface area contributed by atoms with E-state index >= 15 is 0 Å². The molecule has 2 rings (SSSR count). The van der Waals surface area contributed by atoms with Crippen LogP contribution in [0.4, 0.5) is 4.39 Å². The van der Waals surface area contributed by atoms with Crippen LogP contribution in [0.1, 0.15) is 29.7 Å². The Bertz CT molecular complexity index is 626. The third kappa shape index (κ3) is 3.73. The zero-order chi connectivity index (χ0) is 15.4. The minimum absolute atomic E-state index is 0.0169. The summed E-state index contributed by atoms with van der Waals surface area (Å²) in [6, 6.07) is 10.5. The van der Waals surface area contributed by atoms with Gasteiger partial charge >= 0.3 is 0 Å². The van der Waals surface area contributed by atoms with Gasteiger partial charge in [-0.05, 0) is 43.2 Å². The van der Waals surface area contributed by atoms with Gasteiger partial charge in [0.15, 0.2) is 0 Å². The Hall–Kier alpha value is -2.07. The first-order valence-electron chi connectivity index (χ1n) is 6.82. The van der Waals surface area contributed by atoms with Crippen molar-refractivity contribution in [3.05, 3.63) is 58.9 Å². The minimum Gasteiger partial charge on any atom is -0.497 e. The molecule has 0 saturated carbocycles. The van der Waals surface area contributed by atoms with Gasteiger partial charge in [0.2, 0.25) is 0 Å². The van der Waals surface area contributed by atoms with E-state index in [4.69, 9.17) is 15.2 Å². The van der Waals surface area contributed by atoms with Gasteiger partial charge in [0, 0.05) is 17.7 Å². The molecule has 0 aromatic heterocycles. The van der Waals surface area contributed by atoms with Crippen LogP contribution in [-0.4, -0.2) is 7.11 Å². The Labute approximate surface area is 124 Å². The second-order valence-corrected chi connectivity index (χ2v) is 5.06. The highest BCUT2D eigenvalue weighted by atomic mass is 19.1. The number of aryl methyl sites for hydroxylation is 1. The molecule has 3 nitrogen and oxygen atoms in total. The quantitative estimate of drug-likeness (QED) is 0.912. The molecular weight excluding hydrogens is 269 g/mol. The standard InChI is InChI=1S/C17H20FNO2/c1-11-8-13(12(2)19)5-7-17(11)21-10-14-4-6-15(20-3)9-16(14)18/h4-9,12H,10,19H2,1-3H3. The molecule has 0 heterocycles. The van der Waals surface area contributed by atoms with E-state index in [-0.39, 0.29) is 18.5 Å². The van der Waals surface area contributed by atoms with Gasteiger partial charge in [-0.25, -0.2) is 4.39 Å². The van der Waals surface area contributed by atoms with Crippen LogP contribution >= 0.6 is 0 Å². The molecule has 4 heteroatoms. The number of benzene rings is 2. The molecule has 0 aliphatic carbocycles. The molecule has 0 spiro atoms. The van der Waals surface area contributed by atoms with E-state index < -0.39 is 0 Å².